The quantitative estimate of drug-likeness (QED) is 0.861. The van der Waals surface area contributed by atoms with Crippen LogP contribution in [0.3, 0.4) is 0 Å². The Morgan fingerprint density at radius 1 is 1.44 bits per heavy atom. The Bertz CT molecular complexity index is 427. The van der Waals surface area contributed by atoms with Crippen LogP contribution >= 0.6 is 11.8 Å². The molecule has 0 bridgehead atoms. The van der Waals surface area contributed by atoms with E-state index in [9.17, 15) is 8.42 Å². The Kier molecular flexibility index (Phi) is 4.26. The van der Waals surface area contributed by atoms with Gasteiger partial charge in [0.2, 0.25) is 0 Å². The van der Waals surface area contributed by atoms with Crippen molar-refractivity contribution in [1.82, 2.24) is 5.32 Å². The van der Waals surface area contributed by atoms with Crippen LogP contribution in [0.25, 0.3) is 0 Å². The molecule has 2 rings (SSSR count). The highest BCUT2D eigenvalue weighted by atomic mass is 32.2. The summed E-state index contributed by atoms with van der Waals surface area (Å²) in [6.45, 7) is 4.37. The SMILES string of the molecule is CCC1(CC)CSC(=NC2CCCS(=O)(=O)C2)N1. The summed E-state index contributed by atoms with van der Waals surface area (Å²) in [7, 11) is -2.86. The van der Waals surface area contributed by atoms with Crippen LogP contribution in [-0.4, -0.2) is 42.4 Å². The fourth-order valence-electron chi connectivity index (χ4n) is 2.47. The highest BCUT2D eigenvalue weighted by Gasteiger charge is 2.34. The van der Waals surface area contributed by atoms with Crippen molar-refractivity contribution in [2.75, 3.05) is 17.3 Å². The van der Waals surface area contributed by atoms with Gasteiger partial charge in [-0.15, -0.1) is 0 Å². The third-order valence-electron chi connectivity index (χ3n) is 3.95. The molecular weight excluding hydrogens is 268 g/mol. The molecule has 0 spiro atoms. The Morgan fingerprint density at radius 3 is 2.72 bits per heavy atom. The van der Waals surface area contributed by atoms with Gasteiger partial charge in [0.1, 0.15) is 0 Å². The minimum absolute atomic E-state index is 0.0386. The zero-order valence-electron chi connectivity index (χ0n) is 11.1. The fraction of sp³-hybridized carbons (Fsp3) is 0.917. The number of amidine groups is 1. The van der Waals surface area contributed by atoms with E-state index in [0.29, 0.717) is 5.75 Å². The average molecular weight is 290 g/mol. The standard InChI is InChI=1S/C12H22N2O2S2/c1-3-12(4-2)9-17-11(14-12)13-10-6-5-7-18(15,16)8-10/h10H,3-9H2,1-2H3,(H,13,14). The second-order valence-electron chi connectivity index (χ2n) is 5.25. The first-order chi connectivity index (χ1) is 8.49. The van der Waals surface area contributed by atoms with Gasteiger partial charge in [-0.3, -0.25) is 4.99 Å². The van der Waals surface area contributed by atoms with Crippen molar-refractivity contribution < 1.29 is 8.42 Å². The van der Waals surface area contributed by atoms with E-state index < -0.39 is 9.84 Å². The molecule has 2 heterocycles. The van der Waals surface area contributed by atoms with Crippen molar-refractivity contribution >= 4 is 26.8 Å². The summed E-state index contributed by atoms with van der Waals surface area (Å²) in [4.78, 5) is 4.61. The summed E-state index contributed by atoms with van der Waals surface area (Å²) in [5.41, 5.74) is 0.164. The molecule has 18 heavy (non-hydrogen) atoms. The lowest BCUT2D eigenvalue weighted by molar-refractivity contribution is 0.407. The van der Waals surface area contributed by atoms with Crippen molar-refractivity contribution in [3.05, 3.63) is 0 Å². The van der Waals surface area contributed by atoms with E-state index in [1.54, 1.807) is 11.8 Å². The van der Waals surface area contributed by atoms with Gasteiger partial charge in [-0.25, -0.2) is 8.42 Å². The molecule has 4 nitrogen and oxygen atoms in total. The normalized spacial score (nSPS) is 32.3. The van der Waals surface area contributed by atoms with Gasteiger partial charge in [-0.2, -0.15) is 0 Å². The van der Waals surface area contributed by atoms with Gasteiger partial charge >= 0.3 is 0 Å². The van der Waals surface area contributed by atoms with Gasteiger partial charge < -0.3 is 5.32 Å². The van der Waals surface area contributed by atoms with Crippen LogP contribution in [0.4, 0.5) is 0 Å². The second kappa shape index (κ2) is 5.41. The van der Waals surface area contributed by atoms with Gasteiger partial charge in [-0.1, -0.05) is 25.6 Å². The number of sulfone groups is 1. The maximum atomic E-state index is 11.6. The molecule has 0 aromatic rings. The number of rotatable bonds is 3. The number of thioether (sulfide) groups is 1. The molecule has 2 aliphatic rings. The molecule has 2 fully saturated rings. The van der Waals surface area contributed by atoms with E-state index in [1.807, 2.05) is 0 Å². The smallest absolute Gasteiger partial charge is 0.157 e. The van der Waals surface area contributed by atoms with Gasteiger partial charge in [0.15, 0.2) is 15.0 Å². The van der Waals surface area contributed by atoms with E-state index in [0.717, 1.165) is 36.6 Å². The maximum Gasteiger partial charge on any atom is 0.157 e. The molecule has 1 atom stereocenters. The number of aliphatic imine (C=N–C) groups is 1. The first-order valence-corrected chi connectivity index (χ1v) is 9.48. The Labute approximate surface area is 114 Å². The minimum Gasteiger partial charge on any atom is -0.359 e. The Balaban J connectivity index is 2.03. The van der Waals surface area contributed by atoms with Crippen molar-refractivity contribution in [3.8, 4) is 0 Å². The molecule has 0 radical (unpaired) electrons. The molecule has 2 aliphatic heterocycles. The first-order valence-electron chi connectivity index (χ1n) is 6.68. The van der Waals surface area contributed by atoms with Crippen LogP contribution < -0.4 is 5.32 Å². The van der Waals surface area contributed by atoms with Gasteiger partial charge in [0.05, 0.1) is 17.5 Å². The van der Waals surface area contributed by atoms with Crippen molar-refractivity contribution in [3.63, 3.8) is 0 Å². The van der Waals surface area contributed by atoms with Crippen molar-refractivity contribution in [2.45, 2.75) is 51.1 Å². The number of hydrogen-bond donors (Lipinski definition) is 1. The minimum atomic E-state index is -2.86. The van der Waals surface area contributed by atoms with Crippen LogP contribution in [0.15, 0.2) is 4.99 Å². The largest absolute Gasteiger partial charge is 0.359 e. The first kappa shape index (κ1) is 14.2. The number of nitrogens with one attached hydrogen (secondary N) is 1. The molecule has 1 unspecified atom stereocenters. The summed E-state index contributed by atoms with van der Waals surface area (Å²) < 4.78 is 23.2. The third kappa shape index (κ3) is 3.20. The second-order valence-corrected chi connectivity index (χ2v) is 8.44. The topological polar surface area (TPSA) is 58.5 Å². The lowest BCUT2D eigenvalue weighted by atomic mass is 9.96. The van der Waals surface area contributed by atoms with E-state index in [2.05, 4.69) is 24.2 Å². The van der Waals surface area contributed by atoms with Crippen LogP contribution in [0.5, 0.6) is 0 Å². The fourth-order valence-corrected chi connectivity index (χ4v) is 5.48. The summed E-state index contributed by atoms with van der Waals surface area (Å²) in [5, 5.41) is 4.44. The van der Waals surface area contributed by atoms with Gasteiger partial charge in [-0.05, 0) is 25.7 Å². The zero-order chi connectivity index (χ0) is 13.2. The Morgan fingerprint density at radius 2 is 2.17 bits per heavy atom. The summed E-state index contributed by atoms with van der Waals surface area (Å²) in [6, 6.07) is -0.0386. The average Bonchev–Trinajstić information content (AvgIpc) is 2.72. The lowest BCUT2D eigenvalue weighted by Gasteiger charge is -2.26. The molecule has 104 valence electrons. The zero-order valence-corrected chi connectivity index (χ0v) is 12.7. The van der Waals surface area contributed by atoms with E-state index in [-0.39, 0.29) is 17.3 Å². The molecule has 0 saturated carbocycles. The predicted octanol–water partition coefficient (Wildman–Crippen LogP) is 1.81. The molecular formula is C12H22N2O2S2. The molecule has 6 heteroatoms. The number of hydrogen-bond acceptors (Lipinski definition) is 4. The highest BCUT2D eigenvalue weighted by molar-refractivity contribution is 8.14. The molecule has 2 saturated heterocycles. The van der Waals surface area contributed by atoms with E-state index in [4.69, 9.17) is 0 Å². The Hall–Kier alpha value is -0.230. The third-order valence-corrected chi connectivity index (χ3v) is 6.93. The molecule has 0 amide bonds. The van der Waals surface area contributed by atoms with Gasteiger partial charge in [0.25, 0.3) is 0 Å². The molecule has 0 aromatic carbocycles. The summed E-state index contributed by atoms with van der Waals surface area (Å²) in [5.74, 6) is 1.60. The van der Waals surface area contributed by atoms with E-state index >= 15 is 0 Å². The predicted molar refractivity (Wildman–Crippen MR) is 78.0 cm³/mol. The van der Waals surface area contributed by atoms with Crippen LogP contribution in [0.1, 0.15) is 39.5 Å². The van der Waals surface area contributed by atoms with Crippen LogP contribution in [0, 0.1) is 0 Å². The van der Waals surface area contributed by atoms with E-state index in [1.165, 1.54) is 0 Å². The molecule has 0 aliphatic carbocycles. The highest BCUT2D eigenvalue weighted by Crippen LogP contribution is 2.29. The summed E-state index contributed by atoms with van der Waals surface area (Å²) >= 11 is 1.74. The lowest BCUT2D eigenvalue weighted by Crippen LogP contribution is -2.42. The molecule has 1 N–H and O–H groups in total. The maximum absolute atomic E-state index is 11.6. The van der Waals surface area contributed by atoms with Crippen LogP contribution in [0.2, 0.25) is 0 Å². The summed E-state index contributed by atoms with van der Waals surface area (Å²) in [6.07, 6.45) is 3.81. The van der Waals surface area contributed by atoms with Gasteiger partial charge in [0, 0.05) is 11.3 Å². The monoisotopic (exact) mass is 290 g/mol. The van der Waals surface area contributed by atoms with Crippen molar-refractivity contribution in [2.24, 2.45) is 4.99 Å². The van der Waals surface area contributed by atoms with Crippen molar-refractivity contribution in [1.29, 1.82) is 0 Å². The molecule has 0 aromatic heterocycles. The number of nitrogens with zero attached hydrogens (tertiary/aromatic N) is 1. The van der Waals surface area contributed by atoms with Crippen LogP contribution in [-0.2, 0) is 9.84 Å².